The second-order valence-corrected chi connectivity index (χ2v) is 5.34. The lowest BCUT2D eigenvalue weighted by Crippen LogP contribution is -1.93. The van der Waals surface area contributed by atoms with Crippen LogP contribution in [0.2, 0.25) is 0 Å². The van der Waals surface area contributed by atoms with E-state index in [4.69, 9.17) is 28.8 Å². The fourth-order valence-electron chi connectivity index (χ4n) is 2.01. The topological polar surface area (TPSA) is 108 Å². The van der Waals surface area contributed by atoms with E-state index in [0.29, 0.717) is 22.6 Å². The highest BCUT2D eigenvalue weighted by molar-refractivity contribution is 6.67. The maximum Gasteiger partial charge on any atom is 0.252 e. The quantitative estimate of drug-likeness (QED) is 0.488. The third-order valence-corrected chi connectivity index (χ3v) is 3.29. The Bertz CT molecular complexity index is 770. The van der Waals surface area contributed by atoms with Gasteiger partial charge in [0.1, 0.15) is 0 Å². The number of anilines is 3. The molecule has 3 rings (SSSR count). The van der Waals surface area contributed by atoms with Crippen LogP contribution in [0, 0.1) is 0 Å². The monoisotopic (exact) mass is 340 g/mol. The van der Waals surface area contributed by atoms with E-state index < -0.39 is 5.24 Å². The van der Waals surface area contributed by atoms with Gasteiger partial charge in [0.2, 0.25) is 0 Å². The molecule has 0 radical (unpaired) electrons. The lowest BCUT2D eigenvalue weighted by atomic mass is 10.1. The van der Waals surface area contributed by atoms with Crippen LogP contribution in [0.15, 0.2) is 66.9 Å². The highest BCUT2D eigenvalue weighted by Gasteiger charge is 2.02. The van der Waals surface area contributed by atoms with Crippen molar-refractivity contribution in [3.05, 3.63) is 72.4 Å². The molecule has 0 bridgehead atoms. The van der Waals surface area contributed by atoms with E-state index in [1.54, 1.807) is 36.5 Å². The lowest BCUT2D eigenvalue weighted by Gasteiger charge is -2.00. The van der Waals surface area contributed by atoms with E-state index in [1.165, 1.54) is 0 Å². The zero-order chi connectivity index (χ0) is 17.5. The van der Waals surface area contributed by atoms with Crippen LogP contribution in [0.25, 0.3) is 11.3 Å². The van der Waals surface area contributed by atoms with Crippen LogP contribution in [-0.2, 0) is 0 Å². The summed E-state index contributed by atoms with van der Waals surface area (Å²) in [4.78, 5) is 15.0. The molecule has 0 atom stereocenters. The standard InChI is InChI=1S/C12H8ClNO.C6H9N3/c13-12(15)10-6-4-9(5-7-10)11-3-1-2-8-14-11;7-4-1-5(8)3-6(9)2-4/h1-8H;1-3H,7-9H2. The number of carbonyl (C=O) groups excluding carboxylic acids is 1. The SMILES string of the molecule is Nc1cc(N)cc(N)c1.O=C(Cl)c1ccc(-c2ccccn2)cc1. The molecule has 0 amide bonds. The maximum atomic E-state index is 10.8. The molecule has 0 saturated heterocycles. The summed E-state index contributed by atoms with van der Waals surface area (Å²) in [6.07, 6.45) is 1.73. The first kappa shape index (κ1) is 17.3. The summed E-state index contributed by atoms with van der Waals surface area (Å²) >= 11 is 5.35. The van der Waals surface area contributed by atoms with Crippen molar-refractivity contribution in [1.82, 2.24) is 4.98 Å². The number of aromatic nitrogens is 1. The Morgan fingerprint density at radius 3 is 1.79 bits per heavy atom. The second-order valence-electron chi connectivity index (χ2n) is 5.00. The van der Waals surface area contributed by atoms with Gasteiger partial charge in [-0.3, -0.25) is 9.78 Å². The van der Waals surface area contributed by atoms with Gasteiger partial charge >= 0.3 is 0 Å². The Morgan fingerprint density at radius 2 is 1.38 bits per heavy atom. The highest BCUT2D eigenvalue weighted by atomic mass is 35.5. The number of nitrogen functional groups attached to an aromatic ring is 3. The fourth-order valence-corrected chi connectivity index (χ4v) is 2.13. The van der Waals surface area contributed by atoms with Gasteiger partial charge in [-0.25, -0.2) is 0 Å². The summed E-state index contributed by atoms with van der Waals surface area (Å²) in [5.74, 6) is 0. The number of pyridine rings is 1. The van der Waals surface area contributed by atoms with Gasteiger partial charge in [0.25, 0.3) is 5.24 Å². The summed E-state index contributed by atoms with van der Waals surface area (Å²) in [7, 11) is 0. The number of hydrogen-bond acceptors (Lipinski definition) is 5. The van der Waals surface area contributed by atoms with Crippen molar-refractivity contribution >= 4 is 33.9 Å². The molecule has 1 heterocycles. The van der Waals surface area contributed by atoms with E-state index in [-0.39, 0.29) is 0 Å². The molecular formula is C18H17ClN4O. The van der Waals surface area contributed by atoms with Crippen LogP contribution in [0.4, 0.5) is 17.1 Å². The summed E-state index contributed by atoms with van der Waals surface area (Å²) in [5, 5.41) is -0.442. The lowest BCUT2D eigenvalue weighted by molar-refractivity contribution is 0.108. The fraction of sp³-hybridized carbons (Fsp3) is 0. The van der Waals surface area contributed by atoms with Gasteiger partial charge in [0.05, 0.1) is 5.69 Å². The van der Waals surface area contributed by atoms with Crippen LogP contribution in [0.3, 0.4) is 0 Å². The minimum atomic E-state index is -0.442. The minimum Gasteiger partial charge on any atom is -0.399 e. The van der Waals surface area contributed by atoms with Gasteiger partial charge in [0, 0.05) is 34.4 Å². The Balaban J connectivity index is 0.000000198. The molecule has 2 aromatic carbocycles. The molecule has 0 fully saturated rings. The van der Waals surface area contributed by atoms with E-state index in [9.17, 15) is 4.79 Å². The van der Waals surface area contributed by atoms with Crippen LogP contribution in [0.1, 0.15) is 10.4 Å². The van der Waals surface area contributed by atoms with Gasteiger partial charge < -0.3 is 17.2 Å². The first-order chi connectivity index (χ1) is 11.5. The van der Waals surface area contributed by atoms with Gasteiger partial charge in [-0.2, -0.15) is 0 Å². The first-order valence-corrected chi connectivity index (χ1v) is 7.46. The predicted molar refractivity (Wildman–Crippen MR) is 99.5 cm³/mol. The highest BCUT2D eigenvalue weighted by Crippen LogP contribution is 2.17. The molecular weight excluding hydrogens is 324 g/mol. The molecule has 1 aromatic heterocycles. The predicted octanol–water partition coefficient (Wildman–Crippen LogP) is 3.56. The molecule has 0 spiro atoms. The average Bonchev–Trinajstić information content (AvgIpc) is 2.55. The van der Waals surface area contributed by atoms with Crippen molar-refractivity contribution in [2.24, 2.45) is 0 Å². The molecule has 6 heteroatoms. The third-order valence-electron chi connectivity index (χ3n) is 3.07. The molecule has 0 saturated carbocycles. The maximum absolute atomic E-state index is 10.8. The molecule has 3 aromatic rings. The van der Waals surface area contributed by atoms with Crippen molar-refractivity contribution in [3.8, 4) is 11.3 Å². The Labute approximate surface area is 145 Å². The van der Waals surface area contributed by atoms with Crippen LogP contribution in [0.5, 0.6) is 0 Å². The average molecular weight is 341 g/mol. The molecule has 0 aliphatic carbocycles. The van der Waals surface area contributed by atoms with Crippen molar-refractivity contribution in [3.63, 3.8) is 0 Å². The molecule has 5 nitrogen and oxygen atoms in total. The van der Waals surface area contributed by atoms with E-state index >= 15 is 0 Å². The zero-order valence-electron chi connectivity index (χ0n) is 12.8. The first-order valence-electron chi connectivity index (χ1n) is 7.08. The summed E-state index contributed by atoms with van der Waals surface area (Å²) in [5.41, 5.74) is 20.4. The number of benzene rings is 2. The zero-order valence-corrected chi connectivity index (χ0v) is 13.6. The Morgan fingerprint density at radius 1 is 0.833 bits per heavy atom. The van der Waals surface area contributed by atoms with Gasteiger partial charge in [0.15, 0.2) is 0 Å². The normalized spacial score (nSPS) is 9.71. The molecule has 0 aliphatic heterocycles. The van der Waals surface area contributed by atoms with Crippen molar-refractivity contribution in [2.75, 3.05) is 17.2 Å². The molecule has 24 heavy (non-hydrogen) atoms. The van der Waals surface area contributed by atoms with Crippen molar-refractivity contribution < 1.29 is 4.79 Å². The number of carbonyl (C=O) groups is 1. The molecule has 6 N–H and O–H groups in total. The Kier molecular flexibility index (Phi) is 5.76. The van der Waals surface area contributed by atoms with Crippen LogP contribution >= 0.6 is 11.6 Å². The number of rotatable bonds is 2. The van der Waals surface area contributed by atoms with Crippen LogP contribution < -0.4 is 17.2 Å². The van der Waals surface area contributed by atoms with Gasteiger partial charge in [-0.05, 0) is 54.1 Å². The van der Waals surface area contributed by atoms with Crippen molar-refractivity contribution in [1.29, 1.82) is 0 Å². The van der Waals surface area contributed by atoms with Gasteiger partial charge in [-0.1, -0.05) is 18.2 Å². The largest absolute Gasteiger partial charge is 0.399 e. The number of nitrogens with two attached hydrogens (primary N) is 3. The van der Waals surface area contributed by atoms with Crippen molar-refractivity contribution in [2.45, 2.75) is 0 Å². The molecule has 0 aliphatic rings. The summed E-state index contributed by atoms with van der Waals surface area (Å²) in [6, 6.07) is 17.7. The minimum absolute atomic E-state index is 0.442. The Hall–Kier alpha value is -3.05. The van der Waals surface area contributed by atoms with E-state index in [1.807, 2.05) is 30.3 Å². The van der Waals surface area contributed by atoms with Gasteiger partial charge in [-0.15, -0.1) is 0 Å². The third kappa shape index (κ3) is 5.00. The number of nitrogens with zero attached hydrogens (tertiary/aromatic N) is 1. The summed E-state index contributed by atoms with van der Waals surface area (Å²) in [6.45, 7) is 0. The number of halogens is 1. The van der Waals surface area contributed by atoms with E-state index in [0.717, 1.165) is 11.3 Å². The molecule has 0 unspecified atom stereocenters. The second kappa shape index (κ2) is 7.99. The smallest absolute Gasteiger partial charge is 0.252 e. The van der Waals surface area contributed by atoms with Crippen LogP contribution in [-0.4, -0.2) is 10.2 Å². The molecule has 122 valence electrons. The number of hydrogen-bond donors (Lipinski definition) is 3. The van der Waals surface area contributed by atoms with E-state index in [2.05, 4.69) is 4.98 Å². The summed E-state index contributed by atoms with van der Waals surface area (Å²) < 4.78 is 0.